The number of para-hydroxylation sites is 1. The van der Waals surface area contributed by atoms with Crippen LogP contribution in [0.4, 0.5) is 5.82 Å². The molecule has 0 amide bonds. The number of hydrogen-bond donors (Lipinski definition) is 1. The van der Waals surface area contributed by atoms with Gasteiger partial charge in [-0.3, -0.25) is 0 Å². The highest BCUT2D eigenvalue weighted by molar-refractivity contribution is 5.81. The number of nitrogens with one attached hydrogen (secondary N) is 1. The van der Waals surface area contributed by atoms with Crippen LogP contribution in [0.5, 0.6) is 0 Å². The maximum Gasteiger partial charge on any atom is 0.133 e. The molecular weight excluding hydrogens is 258 g/mol. The molecule has 1 aromatic heterocycles. The van der Waals surface area contributed by atoms with Crippen LogP contribution in [-0.4, -0.2) is 25.1 Å². The summed E-state index contributed by atoms with van der Waals surface area (Å²) in [7, 11) is 1.99. The van der Waals surface area contributed by atoms with Gasteiger partial charge in [0, 0.05) is 30.6 Å². The van der Waals surface area contributed by atoms with E-state index in [9.17, 15) is 0 Å². The van der Waals surface area contributed by atoms with E-state index in [-0.39, 0.29) is 0 Å². The number of benzene rings is 1. The van der Waals surface area contributed by atoms with E-state index in [1.807, 2.05) is 7.05 Å². The van der Waals surface area contributed by atoms with E-state index < -0.39 is 0 Å². The summed E-state index contributed by atoms with van der Waals surface area (Å²) < 4.78 is 0. The molecule has 1 atom stereocenters. The standard InChI is InChI=1S/C18H27N3/c1-5-14(3)13-21(6-2)18-16(12-19-4)11-15-9-7-8-10-17(15)20-18/h7-11,14,19H,5-6,12-13H2,1-4H3. The van der Waals surface area contributed by atoms with Gasteiger partial charge in [0.05, 0.1) is 5.52 Å². The van der Waals surface area contributed by atoms with Gasteiger partial charge < -0.3 is 10.2 Å². The Morgan fingerprint density at radius 1 is 1.24 bits per heavy atom. The van der Waals surface area contributed by atoms with E-state index in [0.29, 0.717) is 5.92 Å². The smallest absolute Gasteiger partial charge is 0.133 e. The minimum atomic E-state index is 0.681. The Morgan fingerprint density at radius 2 is 2.00 bits per heavy atom. The van der Waals surface area contributed by atoms with Gasteiger partial charge in [0.15, 0.2) is 0 Å². The van der Waals surface area contributed by atoms with Crippen LogP contribution in [-0.2, 0) is 6.54 Å². The van der Waals surface area contributed by atoms with Crippen LogP contribution in [0.2, 0.25) is 0 Å². The van der Waals surface area contributed by atoms with Gasteiger partial charge in [0.25, 0.3) is 0 Å². The van der Waals surface area contributed by atoms with Gasteiger partial charge in [0.2, 0.25) is 0 Å². The van der Waals surface area contributed by atoms with Gasteiger partial charge in [-0.1, -0.05) is 38.5 Å². The highest BCUT2D eigenvalue weighted by atomic mass is 15.2. The van der Waals surface area contributed by atoms with E-state index in [4.69, 9.17) is 4.98 Å². The van der Waals surface area contributed by atoms with E-state index >= 15 is 0 Å². The SMILES string of the molecule is CCC(C)CN(CC)c1nc2ccccc2cc1CNC. The van der Waals surface area contributed by atoms with Gasteiger partial charge >= 0.3 is 0 Å². The molecule has 2 aromatic rings. The molecule has 2 rings (SSSR count). The van der Waals surface area contributed by atoms with E-state index in [0.717, 1.165) is 31.0 Å². The van der Waals surface area contributed by atoms with Crippen molar-refractivity contribution in [2.75, 3.05) is 25.0 Å². The van der Waals surface area contributed by atoms with Crippen LogP contribution in [0.1, 0.15) is 32.8 Å². The van der Waals surface area contributed by atoms with Crippen molar-refractivity contribution in [3.05, 3.63) is 35.9 Å². The Kier molecular flexibility index (Phi) is 5.57. The highest BCUT2D eigenvalue weighted by Gasteiger charge is 2.14. The lowest BCUT2D eigenvalue weighted by molar-refractivity contribution is 0.544. The molecule has 3 heteroatoms. The van der Waals surface area contributed by atoms with Crippen LogP contribution in [0.15, 0.2) is 30.3 Å². The molecule has 0 bridgehead atoms. The van der Waals surface area contributed by atoms with Crippen LogP contribution in [0.3, 0.4) is 0 Å². The average Bonchev–Trinajstić information content (AvgIpc) is 2.52. The van der Waals surface area contributed by atoms with Crippen molar-refractivity contribution in [3.63, 3.8) is 0 Å². The van der Waals surface area contributed by atoms with Crippen LogP contribution >= 0.6 is 0 Å². The van der Waals surface area contributed by atoms with Gasteiger partial charge in [-0.25, -0.2) is 4.98 Å². The van der Waals surface area contributed by atoms with Gasteiger partial charge in [0.1, 0.15) is 5.82 Å². The number of rotatable bonds is 7. The molecule has 1 unspecified atom stereocenters. The number of pyridine rings is 1. The first-order valence-corrected chi connectivity index (χ1v) is 7.97. The van der Waals surface area contributed by atoms with E-state index in [1.165, 1.54) is 17.4 Å². The van der Waals surface area contributed by atoms with Crippen molar-refractivity contribution in [2.45, 2.75) is 33.7 Å². The Balaban J connectivity index is 2.45. The summed E-state index contributed by atoms with van der Waals surface area (Å²) in [6.45, 7) is 9.68. The second-order valence-electron chi connectivity index (χ2n) is 5.75. The second-order valence-corrected chi connectivity index (χ2v) is 5.75. The molecule has 0 aliphatic carbocycles. The third-order valence-corrected chi connectivity index (χ3v) is 4.06. The van der Waals surface area contributed by atoms with Crippen molar-refractivity contribution >= 4 is 16.7 Å². The molecule has 1 heterocycles. The summed E-state index contributed by atoms with van der Waals surface area (Å²) in [6, 6.07) is 10.6. The first kappa shape index (κ1) is 15.8. The largest absolute Gasteiger partial charge is 0.356 e. The Bertz CT molecular complexity index is 580. The zero-order valence-electron chi connectivity index (χ0n) is 13.7. The summed E-state index contributed by atoms with van der Waals surface area (Å²) in [4.78, 5) is 7.35. The lowest BCUT2D eigenvalue weighted by Gasteiger charge is -2.27. The molecule has 0 fully saturated rings. The minimum absolute atomic E-state index is 0.681. The maximum absolute atomic E-state index is 4.94. The average molecular weight is 285 g/mol. The van der Waals surface area contributed by atoms with E-state index in [2.05, 4.69) is 61.3 Å². The molecule has 0 aliphatic heterocycles. The Morgan fingerprint density at radius 3 is 2.67 bits per heavy atom. The maximum atomic E-state index is 4.94. The predicted octanol–water partition coefficient (Wildman–Crippen LogP) is 3.83. The summed E-state index contributed by atoms with van der Waals surface area (Å²) in [6.07, 6.45) is 1.20. The van der Waals surface area contributed by atoms with Crippen molar-refractivity contribution in [3.8, 4) is 0 Å². The molecule has 0 aliphatic rings. The first-order valence-electron chi connectivity index (χ1n) is 7.97. The van der Waals surface area contributed by atoms with Gasteiger partial charge in [-0.05, 0) is 32.0 Å². The fraction of sp³-hybridized carbons (Fsp3) is 0.500. The quantitative estimate of drug-likeness (QED) is 0.838. The first-order chi connectivity index (χ1) is 10.2. The monoisotopic (exact) mass is 285 g/mol. The molecule has 0 radical (unpaired) electrons. The Hall–Kier alpha value is -1.61. The van der Waals surface area contributed by atoms with Gasteiger partial charge in [-0.2, -0.15) is 0 Å². The zero-order valence-corrected chi connectivity index (χ0v) is 13.7. The molecule has 1 N–H and O–H groups in total. The van der Waals surface area contributed by atoms with Crippen molar-refractivity contribution in [1.82, 2.24) is 10.3 Å². The lowest BCUT2D eigenvalue weighted by atomic mass is 10.1. The molecule has 0 saturated heterocycles. The topological polar surface area (TPSA) is 28.2 Å². The summed E-state index contributed by atoms with van der Waals surface area (Å²) in [5.41, 5.74) is 2.36. The predicted molar refractivity (Wildman–Crippen MR) is 91.8 cm³/mol. The zero-order chi connectivity index (χ0) is 15.2. The number of aromatic nitrogens is 1. The fourth-order valence-electron chi connectivity index (χ4n) is 2.61. The van der Waals surface area contributed by atoms with Crippen LogP contribution in [0, 0.1) is 5.92 Å². The number of anilines is 1. The molecule has 3 nitrogen and oxygen atoms in total. The molecule has 1 aromatic carbocycles. The molecular formula is C18H27N3. The second kappa shape index (κ2) is 7.41. The minimum Gasteiger partial charge on any atom is -0.356 e. The van der Waals surface area contributed by atoms with Crippen molar-refractivity contribution in [2.24, 2.45) is 5.92 Å². The number of nitrogens with zero attached hydrogens (tertiary/aromatic N) is 2. The molecule has 0 spiro atoms. The lowest BCUT2D eigenvalue weighted by Crippen LogP contribution is -2.30. The summed E-state index contributed by atoms with van der Waals surface area (Å²) >= 11 is 0. The van der Waals surface area contributed by atoms with Crippen LogP contribution < -0.4 is 10.2 Å². The normalized spacial score (nSPS) is 12.6. The van der Waals surface area contributed by atoms with E-state index in [1.54, 1.807) is 0 Å². The molecule has 114 valence electrons. The number of hydrogen-bond acceptors (Lipinski definition) is 3. The van der Waals surface area contributed by atoms with Crippen LogP contribution in [0.25, 0.3) is 10.9 Å². The highest BCUT2D eigenvalue weighted by Crippen LogP contribution is 2.24. The van der Waals surface area contributed by atoms with Crippen molar-refractivity contribution in [1.29, 1.82) is 0 Å². The fourth-order valence-corrected chi connectivity index (χ4v) is 2.61. The molecule has 0 saturated carbocycles. The third kappa shape index (κ3) is 3.73. The number of fused-ring (bicyclic) bond motifs is 1. The summed E-state index contributed by atoms with van der Waals surface area (Å²) in [5, 5.41) is 4.48. The molecule has 21 heavy (non-hydrogen) atoms. The Labute approximate surface area is 128 Å². The summed E-state index contributed by atoms with van der Waals surface area (Å²) in [5.74, 6) is 1.81. The third-order valence-electron chi connectivity index (χ3n) is 4.06. The van der Waals surface area contributed by atoms with Crippen molar-refractivity contribution < 1.29 is 0 Å². The van der Waals surface area contributed by atoms with Gasteiger partial charge in [-0.15, -0.1) is 0 Å².